The maximum Gasteiger partial charge on any atom is 0.125 e. The summed E-state index contributed by atoms with van der Waals surface area (Å²) in [7, 11) is 5.41. The largest absolute Gasteiger partial charge is 0.496 e. The van der Waals surface area contributed by atoms with Crippen molar-refractivity contribution in [2.75, 3.05) is 34.5 Å². The van der Waals surface area contributed by atoms with Gasteiger partial charge in [0.1, 0.15) is 5.75 Å². The Morgan fingerprint density at radius 3 is 2.59 bits per heavy atom. The van der Waals surface area contributed by atoms with E-state index in [9.17, 15) is 0 Å². The maximum absolute atomic E-state index is 6.06. The van der Waals surface area contributed by atoms with Gasteiger partial charge in [0.15, 0.2) is 0 Å². The van der Waals surface area contributed by atoms with Crippen molar-refractivity contribution in [3.05, 3.63) is 28.3 Å². The minimum Gasteiger partial charge on any atom is -0.496 e. The molecule has 0 amide bonds. The predicted octanol–water partition coefficient (Wildman–Crippen LogP) is 2.74. The first-order valence-corrected chi connectivity index (χ1v) is 5.96. The first-order chi connectivity index (χ1) is 8.08. The summed E-state index contributed by atoms with van der Waals surface area (Å²) in [5.41, 5.74) is 2.21. The van der Waals surface area contributed by atoms with Crippen LogP contribution in [0, 0.1) is 6.92 Å². The molecule has 1 rings (SSSR count). The summed E-state index contributed by atoms with van der Waals surface area (Å²) in [6.45, 7) is 3.54. The van der Waals surface area contributed by atoms with Gasteiger partial charge in [0.05, 0.1) is 13.8 Å². The number of nitrogens with zero attached hydrogens (tertiary/aromatic N) is 1. The van der Waals surface area contributed by atoms with Gasteiger partial charge in [-0.3, -0.25) is 4.90 Å². The number of hydrogen-bond donors (Lipinski definition) is 0. The Balaban J connectivity index is 2.75. The van der Waals surface area contributed by atoms with Crippen LogP contribution in [0.25, 0.3) is 0 Å². The highest BCUT2D eigenvalue weighted by Crippen LogP contribution is 2.27. The lowest BCUT2D eigenvalue weighted by molar-refractivity contribution is 0.0826. The number of rotatable bonds is 6. The van der Waals surface area contributed by atoms with E-state index in [1.807, 2.05) is 26.1 Å². The van der Waals surface area contributed by atoms with Crippen molar-refractivity contribution >= 4 is 11.6 Å². The Labute approximate surface area is 108 Å². The van der Waals surface area contributed by atoms with Crippen LogP contribution < -0.4 is 4.74 Å². The third-order valence-corrected chi connectivity index (χ3v) is 2.85. The second kappa shape index (κ2) is 6.84. The van der Waals surface area contributed by atoms with E-state index in [1.165, 1.54) is 0 Å². The lowest BCUT2D eigenvalue weighted by Crippen LogP contribution is -2.23. The Morgan fingerprint density at radius 2 is 2.00 bits per heavy atom. The van der Waals surface area contributed by atoms with Crippen LogP contribution in [-0.4, -0.2) is 39.4 Å². The van der Waals surface area contributed by atoms with E-state index < -0.39 is 0 Å². The summed E-state index contributed by atoms with van der Waals surface area (Å²) in [6, 6.07) is 3.89. The van der Waals surface area contributed by atoms with Crippen molar-refractivity contribution in [1.29, 1.82) is 0 Å². The van der Waals surface area contributed by atoms with Gasteiger partial charge in [-0.25, -0.2) is 0 Å². The van der Waals surface area contributed by atoms with Crippen LogP contribution in [0.4, 0.5) is 0 Å². The number of aryl methyl sites for hydroxylation is 1. The number of hydrogen-bond acceptors (Lipinski definition) is 3. The van der Waals surface area contributed by atoms with E-state index in [0.717, 1.165) is 34.9 Å². The number of methoxy groups -OCH3 is 2. The Bertz CT molecular complexity index is 369. The molecule has 0 atom stereocenters. The molecule has 0 aliphatic rings. The SMILES string of the molecule is COCN(C)CCc1cc(Cl)cc(C)c1OC. The quantitative estimate of drug-likeness (QED) is 0.732. The summed E-state index contributed by atoms with van der Waals surface area (Å²) in [6.07, 6.45) is 0.893. The maximum atomic E-state index is 6.06. The van der Waals surface area contributed by atoms with E-state index in [1.54, 1.807) is 14.2 Å². The summed E-state index contributed by atoms with van der Waals surface area (Å²) >= 11 is 6.06. The molecule has 0 aliphatic heterocycles. The lowest BCUT2D eigenvalue weighted by atomic mass is 10.1. The molecule has 0 fully saturated rings. The Morgan fingerprint density at radius 1 is 1.29 bits per heavy atom. The molecule has 0 aliphatic carbocycles. The molecule has 0 saturated carbocycles. The highest BCUT2D eigenvalue weighted by atomic mass is 35.5. The summed E-state index contributed by atoms with van der Waals surface area (Å²) in [4.78, 5) is 2.11. The molecule has 0 heterocycles. The van der Waals surface area contributed by atoms with E-state index in [-0.39, 0.29) is 0 Å². The number of halogens is 1. The highest BCUT2D eigenvalue weighted by Gasteiger charge is 2.09. The second-order valence-corrected chi connectivity index (χ2v) is 4.60. The van der Waals surface area contributed by atoms with Crippen molar-refractivity contribution in [3.8, 4) is 5.75 Å². The van der Waals surface area contributed by atoms with Gasteiger partial charge in [-0.2, -0.15) is 0 Å². The normalized spacial score (nSPS) is 10.9. The second-order valence-electron chi connectivity index (χ2n) is 4.16. The van der Waals surface area contributed by atoms with Gasteiger partial charge in [0.25, 0.3) is 0 Å². The molecule has 0 N–H and O–H groups in total. The molecule has 17 heavy (non-hydrogen) atoms. The topological polar surface area (TPSA) is 21.7 Å². The van der Waals surface area contributed by atoms with Gasteiger partial charge in [-0.1, -0.05) is 11.6 Å². The monoisotopic (exact) mass is 257 g/mol. The van der Waals surface area contributed by atoms with Crippen LogP contribution in [0.5, 0.6) is 5.75 Å². The van der Waals surface area contributed by atoms with Crippen LogP contribution in [0.15, 0.2) is 12.1 Å². The van der Waals surface area contributed by atoms with E-state index in [4.69, 9.17) is 21.1 Å². The molecule has 1 aromatic carbocycles. The number of ether oxygens (including phenoxy) is 2. The van der Waals surface area contributed by atoms with Crippen molar-refractivity contribution in [2.45, 2.75) is 13.3 Å². The van der Waals surface area contributed by atoms with Crippen LogP contribution in [0.2, 0.25) is 5.02 Å². The van der Waals surface area contributed by atoms with Crippen molar-refractivity contribution in [1.82, 2.24) is 4.90 Å². The third kappa shape index (κ3) is 4.19. The minimum atomic E-state index is 0.627. The Kier molecular flexibility index (Phi) is 5.75. The van der Waals surface area contributed by atoms with Gasteiger partial charge < -0.3 is 9.47 Å². The molecule has 0 saturated heterocycles. The molecule has 3 nitrogen and oxygen atoms in total. The van der Waals surface area contributed by atoms with Gasteiger partial charge in [0.2, 0.25) is 0 Å². The summed E-state index contributed by atoms with van der Waals surface area (Å²) < 4.78 is 10.5. The first-order valence-electron chi connectivity index (χ1n) is 5.59. The molecule has 0 radical (unpaired) electrons. The molecular formula is C13H20ClNO2. The molecule has 96 valence electrons. The van der Waals surface area contributed by atoms with Crippen LogP contribution in [0.1, 0.15) is 11.1 Å². The molecule has 4 heteroatoms. The first kappa shape index (κ1) is 14.3. The molecule has 0 unspecified atom stereocenters. The zero-order chi connectivity index (χ0) is 12.8. The van der Waals surface area contributed by atoms with E-state index in [2.05, 4.69) is 4.90 Å². The Hall–Kier alpha value is -0.770. The van der Waals surface area contributed by atoms with Gasteiger partial charge in [-0.05, 0) is 43.7 Å². The zero-order valence-corrected chi connectivity index (χ0v) is 11.7. The summed E-state index contributed by atoms with van der Waals surface area (Å²) in [5, 5.41) is 0.757. The number of benzene rings is 1. The zero-order valence-electron chi connectivity index (χ0n) is 10.9. The average molecular weight is 258 g/mol. The van der Waals surface area contributed by atoms with Crippen molar-refractivity contribution < 1.29 is 9.47 Å². The van der Waals surface area contributed by atoms with Crippen LogP contribution in [-0.2, 0) is 11.2 Å². The molecule has 0 bridgehead atoms. The molecule has 1 aromatic rings. The van der Waals surface area contributed by atoms with Gasteiger partial charge in [0, 0.05) is 18.7 Å². The standard InChI is InChI=1S/C13H20ClNO2/c1-10-7-12(14)8-11(13(10)17-4)5-6-15(2)9-16-3/h7-8H,5-6,9H2,1-4H3. The molecule has 0 aromatic heterocycles. The molecular weight excluding hydrogens is 238 g/mol. The molecule has 0 spiro atoms. The fraction of sp³-hybridized carbons (Fsp3) is 0.538. The van der Waals surface area contributed by atoms with Crippen molar-refractivity contribution in [2.24, 2.45) is 0 Å². The highest BCUT2D eigenvalue weighted by molar-refractivity contribution is 6.30. The predicted molar refractivity (Wildman–Crippen MR) is 71.0 cm³/mol. The smallest absolute Gasteiger partial charge is 0.125 e. The van der Waals surface area contributed by atoms with Gasteiger partial charge in [-0.15, -0.1) is 0 Å². The van der Waals surface area contributed by atoms with Gasteiger partial charge >= 0.3 is 0 Å². The lowest BCUT2D eigenvalue weighted by Gasteiger charge is -2.17. The van der Waals surface area contributed by atoms with Crippen LogP contribution >= 0.6 is 11.6 Å². The van der Waals surface area contributed by atoms with Crippen molar-refractivity contribution in [3.63, 3.8) is 0 Å². The number of likely N-dealkylation sites (N-methyl/N-ethyl adjacent to an activating group) is 1. The average Bonchev–Trinajstić information content (AvgIpc) is 2.26. The van der Waals surface area contributed by atoms with E-state index >= 15 is 0 Å². The summed E-state index contributed by atoms with van der Waals surface area (Å²) in [5.74, 6) is 0.931. The third-order valence-electron chi connectivity index (χ3n) is 2.63. The minimum absolute atomic E-state index is 0.627. The fourth-order valence-electron chi connectivity index (χ4n) is 1.87. The fourth-order valence-corrected chi connectivity index (χ4v) is 2.17. The van der Waals surface area contributed by atoms with E-state index in [0.29, 0.717) is 6.73 Å². The van der Waals surface area contributed by atoms with Crippen LogP contribution in [0.3, 0.4) is 0 Å².